The van der Waals surface area contributed by atoms with E-state index in [0.717, 1.165) is 11.1 Å². The van der Waals surface area contributed by atoms with Crippen LogP contribution in [0.5, 0.6) is 0 Å². The van der Waals surface area contributed by atoms with Crippen LogP contribution in [0.15, 0.2) is 23.1 Å². The van der Waals surface area contributed by atoms with Crippen molar-refractivity contribution < 1.29 is 8.42 Å². The number of hydrogen-bond acceptors (Lipinski definition) is 3. The van der Waals surface area contributed by atoms with Gasteiger partial charge in [-0.05, 0) is 36.5 Å². The summed E-state index contributed by atoms with van der Waals surface area (Å²) in [6.45, 7) is 2.74. The highest BCUT2D eigenvalue weighted by Gasteiger charge is 2.24. The van der Waals surface area contributed by atoms with Crippen LogP contribution in [0, 0.1) is 12.3 Å². The molecule has 0 unspecified atom stereocenters. The van der Waals surface area contributed by atoms with Crippen molar-refractivity contribution in [3.63, 3.8) is 0 Å². The lowest BCUT2D eigenvalue weighted by molar-refractivity contribution is 0.502. The van der Waals surface area contributed by atoms with Gasteiger partial charge in [-0.3, -0.25) is 0 Å². The molecule has 0 atom stereocenters. The minimum atomic E-state index is -3.53. The molecule has 5 heteroatoms. The van der Waals surface area contributed by atoms with Crippen molar-refractivity contribution in [3.8, 4) is 12.3 Å². The van der Waals surface area contributed by atoms with E-state index in [1.165, 1.54) is 24.2 Å². The van der Waals surface area contributed by atoms with Gasteiger partial charge in [0.15, 0.2) is 0 Å². The molecule has 0 aromatic heterocycles. The van der Waals surface area contributed by atoms with E-state index in [-0.39, 0.29) is 6.54 Å². The molecular weight excluding hydrogens is 284 g/mol. The average Bonchev–Trinajstić information content (AvgIpc) is 3.29. The fourth-order valence-electron chi connectivity index (χ4n) is 2.17. The van der Waals surface area contributed by atoms with Gasteiger partial charge in [0.2, 0.25) is 10.0 Å². The highest BCUT2D eigenvalue weighted by atomic mass is 32.2. The number of terminal acetylenes is 1. The van der Waals surface area contributed by atoms with Crippen LogP contribution in [0.1, 0.15) is 30.9 Å². The summed E-state index contributed by atoms with van der Waals surface area (Å²) in [6, 6.07) is 6.27. The first-order chi connectivity index (χ1) is 9.98. The Morgan fingerprint density at radius 2 is 2.14 bits per heavy atom. The van der Waals surface area contributed by atoms with Crippen molar-refractivity contribution >= 4 is 10.0 Å². The van der Waals surface area contributed by atoms with Crippen LogP contribution >= 0.6 is 0 Å². The van der Waals surface area contributed by atoms with Crippen LogP contribution in [0.4, 0.5) is 0 Å². The molecule has 0 saturated heterocycles. The van der Waals surface area contributed by atoms with E-state index in [1.54, 1.807) is 6.07 Å². The van der Waals surface area contributed by atoms with Gasteiger partial charge in [0.1, 0.15) is 0 Å². The fourth-order valence-corrected chi connectivity index (χ4v) is 3.60. The summed E-state index contributed by atoms with van der Waals surface area (Å²) in [5.41, 5.74) is 1.82. The average molecular weight is 306 g/mol. The highest BCUT2D eigenvalue weighted by molar-refractivity contribution is 7.89. The zero-order valence-corrected chi connectivity index (χ0v) is 13.4. The van der Waals surface area contributed by atoms with Crippen molar-refractivity contribution in [2.45, 2.75) is 43.7 Å². The number of benzene rings is 1. The second-order valence-electron chi connectivity index (χ2n) is 5.42. The molecule has 0 heterocycles. The lowest BCUT2D eigenvalue weighted by Crippen LogP contribution is -2.28. The quantitative estimate of drug-likeness (QED) is 0.781. The predicted octanol–water partition coefficient (Wildman–Crippen LogP) is 1.75. The van der Waals surface area contributed by atoms with E-state index in [9.17, 15) is 8.42 Å². The molecule has 1 aromatic rings. The first-order valence-electron chi connectivity index (χ1n) is 7.24. The van der Waals surface area contributed by atoms with Crippen LogP contribution in [0.3, 0.4) is 0 Å². The summed E-state index contributed by atoms with van der Waals surface area (Å²) in [4.78, 5) is 0.373. The molecule has 0 spiro atoms. The predicted molar refractivity (Wildman–Crippen MR) is 84.3 cm³/mol. The third-order valence-corrected chi connectivity index (χ3v) is 5.57. The molecule has 0 bridgehead atoms. The van der Waals surface area contributed by atoms with Gasteiger partial charge in [-0.1, -0.05) is 25.0 Å². The van der Waals surface area contributed by atoms with Gasteiger partial charge in [-0.25, -0.2) is 8.42 Å². The van der Waals surface area contributed by atoms with Gasteiger partial charge in [0, 0.05) is 19.6 Å². The minimum Gasteiger partial charge on any atom is -0.310 e. The highest BCUT2D eigenvalue weighted by Crippen LogP contribution is 2.23. The van der Waals surface area contributed by atoms with Crippen LogP contribution in [0.2, 0.25) is 0 Å². The van der Waals surface area contributed by atoms with Crippen LogP contribution in [0.25, 0.3) is 0 Å². The van der Waals surface area contributed by atoms with Crippen LogP contribution in [-0.2, 0) is 23.0 Å². The molecule has 2 rings (SSSR count). The lowest BCUT2D eigenvalue weighted by atomic mass is 10.1. The van der Waals surface area contributed by atoms with E-state index in [4.69, 9.17) is 6.42 Å². The summed E-state index contributed by atoms with van der Waals surface area (Å²) < 4.78 is 26.5. The maximum atomic E-state index is 12.6. The molecule has 1 aromatic carbocycles. The van der Waals surface area contributed by atoms with Gasteiger partial charge < -0.3 is 5.32 Å². The van der Waals surface area contributed by atoms with E-state index in [2.05, 4.69) is 11.2 Å². The van der Waals surface area contributed by atoms with Crippen molar-refractivity contribution in [2.24, 2.45) is 0 Å². The third-order valence-electron chi connectivity index (χ3n) is 3.69. The van der Waals surface area contributed by atoms with Crippen molar-refractivity contribution in [2.75, 3.05) is 13.6 Å². The standard InChI is InChI=1S/C16H22N2O2S/c1-4-10-18(3)21(19,20)16-11-13(6-7-14(16)5-2)12-17-15-8-9-15/h1,6-7,11,15,17H,5,8-10,12H2,2-3H3. The van der Waals surface area contributed by atoms with Gasteiger partial charge in [0.25, 0.3) is 0 Å². The Kier molecular flexibility index (Phi) is 5.04. The first kappa shape index (κ1) is 16.0. The van der Waals surface area contributed by atoms with Gasteiger partial charge >= 0.3 is 0 Å². The normalized spacial score (nSPS) is 15.1. The first-order valence-corrected chi connectivity index (χ1v) is 8.68. The molecule has 1 saturated carbocycles. The maximum absolute atomic E-state index is 12.6. The van der Waals surface area contributed by atoms with E-state index >= 15 is 0 Å². The van der Waals surface area contributed by atoms with E-state index < -0.39 is 10.0 Å². The Labute approximate surface area is 127 Å². The van der Waals surface area contributed by atoms with E-state index in [1.807, 2.05) is 19.1 Å². The minimum absolute atomic E-state index is 0.0794. The van der Waals surface area contributed by atoms with Crippen molar-refractivity contribution in [1.29, 1.82) is 0 Å². The molecule has 0 radical (unpaired) electrons. The second-order valence-corrected chi connectivity index (χ2v) is 7.43. The summed E-state index contributed by atoms with van der Waals surface area (Å²) in [6.07, 6.45) is 8.32. The SMILES string of the molecule is C#CCN(C)S(=O)(=O)c1cc(CNC2CC2)ccc1CC. The topological polar surface area (TPSA) is 49.4 Å². The zero-order valence-electron chi connectivity index (χ0n) is 12.6. The molecule has 21 heavy (non-hydrogen) atoms. The molecule has 1 N–H and O–H groups in total. The van der Waals surface area contributed by atoms with Crippen molar-refractivity contribution in [3.05, 3.63) is 29.3 Å². The van der Waals surface area contributed by atoms with Crippen molar-refractivity contribution in [1.82, 2.24) is 9.62 Å². The Bertz CT molecular complexity index is 643. The van der Waals surface area contributed by atoms with Gasteiger partial charge in [0.05, 0.1) is 11.4 Å². The summed E-state index contributed by atoms with van der Waals surface area (Å²) >= 11 is 0. The fraction of sp³-hybridized carbons (Fsp3) is 0.500. The molecule has 114 valence electrons. The molecule has 0 aliphatic heterocycles. The molecule has 1 aliphatic rings. The van der Waals surface area contributed by atoms with E-state index in [0.29, 0.717) is 23.9 Å². The molecule has 1 aliphatic carbocycles. The number of nitrogens with zero attached hydrogens (tertiary/aromatic N) is 1. The largest absolute Gasteiger partial charge is 0.310 e. The van der Waals surface area contributed by atoms with Gasteiger partial charge in [-0.15, -0.1) is 6.42 Å². The molecule has 0 amide bonds. The number of rotatable bonds is 7. The molecular formula is C16H22N2O2S. The third kappa shape index (κ3) is 3.85. The zero-order chi connectivity index (χ0) is 15.5. The Morgan fingerprint density at radius 1 is 1.43 bits per heavy atom. The number of nitrogens with one attached hydrogen (secondary N) is 1. The summed E-state index contributed by atoms with van der Waals surface area (Å²) in [5.74, 6) is 2.38. The van der Waals surface area contributed by atoms with Gasteiger partial charge in [-0.2, -0.15) is 4.31 Å². The maximum Gasteiger partial charge on any atom is 0.243 e. The smallest absolute Gasteiger partial charge is 0.243 e. The Balaban J connectivity index is 2.30. The Morgan fingerprint density at radius 3 is 2.71 bits per heavy atom. The number of hydrogen-bond donors (Lipinski definition) is 1. The Hall–Kier alpha value is -1.35. The summed E-state index contributed by atoms with van der Waals surface area (Å²) in [5, 5.41) is 3.40. The number of aryl methyl sites for hydroxylation is 1. The van der Waals surface area contributed by atoms with Crippen LogP contribution < -0.4 is 5.32 Å². The number of sulfonamides is 1. The molecule has 4 nitrogen and oxygen atoms in total. The monoisotopic (exact) mass is 306 g/mol. The molecule has 1 fully saturated rings. The van der Waals surface area contributed by atoms with Crippen LogP contribution in [-0.4, -0.2) is 32.4 Å². The summed E-state index contributed by atoms with van der Waals surface area (Å²) in [7, 11) is -2.01. The second kappa shape index (κ2) is 6.61. The lowest BCUT2D eigenvalue weighted by Gasteiger charge is -2.18.